The van der Waals surface area contributed by atoms with Crippen LogP contribution in [0.3, 0.4) is 0 Å². The van der Waals surface area contributed by atoms with E-state index in [1.165, 1.54) is 0 Å². The van der Waals surface area contributed by atoms with Gasteiger partial charge in [-0.1, -0.05) is 26.9 Å². The smallest absolute Gasteiger partial charge is 0.188 e. The van der Waals surface area contributed by atoms with Crippen LogP contribution in [-0.2, 0) is 20.8 Å². The fraction of sp³-hybridized carbons (Fsp3) is 0.647. The normalized spacial score (nSPS) is 11.8. The lowest BCUT2D eigenvalue weighted by atomic mass is 10.2. The molecule has 1 aromatic carbocycles. The molecule has 0 unspecified atom stereocenters. The van der Waals surface area contributed by atoms with Crippen LogP contribution in [0.2, 0.25) is 18.1 Å². The van der Waals surface area contributed by atoms with Crippen LogP contribution in [0.15, 0.2) is 16.6 Å². The van der Waals surface area contributed by atoms with Crippen LogP contribution < -0.4 is 9.47 Å². The maximum Gasteiger partial charge on any atom is 0.188 e. The van der Waals surface area contributed by atoms with E-state index in [2.05, 4.69) is 42.9 Å². The molecule has 0 atom stereocenters. The van der Waals surface area contributed by atoms with E-state index in [-0.39, 0.29) is 18.6 Å². The van der Waals surface area contributed by atoms with Gasteiger partial charge in [-0.15, -0.1) is 0 Å². The highest BCUT2D eigenvalue weighted by Gasteiger charge is 2.24. The summed E-state index contributed by atoms with van der Waals surface area (Å²) < 4.78 is 27.9. The molecule has 137 valence electrons. The van der Waals surface area contributed by atoms with Gasteiger partial charge in [-0.25, -0.2) is 0 Å². The van der Waals surface area contributed by atoms with Crippen molar-refractivity contribution in [3.05, 3.63) is 22.2 Å². The summed E-state index contributed by atoms with van der Waals surface area (Å²) in [7, 11) is 2.74. The van der Waals surface area contributed by atoms with Crippen molar-refractivity contribution < 1.29 is 23.7 Å². The minimum Gasteiger partial charge on any atom is -0.468 e. The van der Waals surface area contributed by atoms with E-state index in [1.54, 1.807) is 14.2 Å². The lowest BCUT2D eigenvalue weighted by Gasteiger charge is -2.28. The molecule has 0 aliphatic heterocycles. The van der Waals surface area contributed by atoms with Gasteiger partial charge in [0.1, 0.15) is 11.5 Å². The summed E-state index contributed by atoms with van der Waals surface area (Å²) in [6.45, 7) is 10.6. The Labute approximate surface area is 155 Å². The molecule has 0 amide bonds. The zero-order valence-electron chi connectivity index (χ0n) is 15.4. The number of hydrogen-bond acceptors (Lipinski definition) is 5. The van der Waals surface area contributed by atoms with E-state index in [9.17, 15) is 0 Å². The van der Waals surface area contributed by atoms with Crippen LogP contribution in [-0.4, -0.2) is 43.2 Å². The van der Waals surface area contributed by atoms with Crippen LogP contribution in [0, 0.1) is 0 Å². The Balaban J connectivity index is 2.88. The molecule has 0 spiro atoms. The van der Waals surface area contributed by atoms with Crippen molar-refractivity contribution in [2.45, 2.75) is 38.6 Å². The number of halogens is 1. The first kappa shape index (κ1) is 21.4. The first-order valence-electron chi connectivity index (χ1n) is 7.76. The largest absolute Gasteiger partial charge is 0.468 e. The summed E-state index contributed by atoms with van der Waals surface area (Å²) in [5.41, 5.74) is 0.907. The molecule has 7 heteroatoms. The van der Waals surface area contributed by atoms with Crippen LogP contribution in [0.4, 0.5) is 0 Å². The van der Waals surface area contributed by atoms with Gasteiger partial charge in [0.25, 0.3) is 0 Å². The summed E-state index contributed by atoms with van der Waals surface area (Å²) in [4.78, 5) is 0. The van der Waals surface area contributed by atoms with Crippen molar-refractivity contribution in [1.29, 1.82) is 0 Å². The first-order valence-corrected chi connectivity index (χ1v) is 11.1. The Kier molecular flexibility index (Phi) is 9.29. The molecule has 1 radical (unpaired) electrons. The summed E-state index contributed by atoms with van der Waals surface area (Å²) in [5, 5.41) is 0.208. The third-order valence-corrected chi connectivity index (χ3v) is 7.27. The molecular formula is C17H28BrO5Si. The SMILES string of the molecule is COCOc1cc(Br)c(OCOC)c(COCC(C)(C)[Si](C)C)c1. The Morgan fingerprint density at radius 2 is 1.67 bits per heavy atom. The third-order valence-electron chi connectivity index (χ3n) is 3.83. The molecule has 1 rings (SSSR count). The van der Waals surface area contributed by atoms with E-state index in [0.717, 1.165) is 10.0 Å². The van der Waals surface area contributed by atoms with Crippen molar-refractivity contribution in [2.75, 3.05) is 34.4 Å². The number of methoxy groups -OCH3 is 2. The summed E-state index contributed by atoms with van der Waals surface area (Å²) in [5.74, 6) is 1.40. The second-order valence-corrected chi connectivity index (χ2v) is 10.6. The van der Waals surface area contributed by atoms with Gasteiger partial charge in [0.15, 0.2) is 13.6 Å². The van der Waals surface area contributed by atoms with Crippen molar-refractivity contribution in [3.8, 4) is 11.5 Å². The predicted molar refractivity (Wildman–Crippen MR) is 100 cm³/mol. The standard InChI is InChI=1S/C17H28BrO5Si/c1-17(2,24(5)6)10-21-9-13-7-14(22-11-19-3)8-15(18)16(13)23-12-20-4/h7-8H,9-12H2,1-6H3. The van der Waals surface area contributed by atoms with E-state index in [0.29, 0.717) is 24.7 Å². The monoisotopic (exact) mass is 419 g/mol. The molecule has 24 heavy (non-hydrogen) atoms. The topological polar surface area (TPSA) is 46.2 Å². The van der Waals surface area contributed by atoms with Gasteiger partial charge < -0.3 is 23.7 Å². The van der Waals surface area contributed by atoms with Crippen molar-refractivity contribution in [3.63, 3.8) is 0 Å². The van der Waals surface area contributed by atoms with Gasteiger partial charge in [0.2, 0.25) is 0 Å². The van der Waals surface area contributed by atoms with Gasteiger partial charge in [-0.3, -0.25) is 0 Å². The van der Waals surface area contributed by atoms with Gasteiger partial charge in [-0.05, 0) is 33.1 Å². The van der Waals surface area contributed by atoms with Crippen LogP contribution >= 0.6 is 15.9 Å². The molecular weight excluding hydrogens is 392 g/mol. The average Bonchev–Trinajstić information content (AvgIpc) is 2.51. The van der Waals surface area contributed by atoms with Crippen LogP contribution in [0.5, 0.6) is 11.5 Å². The second kappa shape index (κ2) is 10.4. The van der Waals surface area contributed by atoms with Crippen LogP contribution in [0.1, 0.15) is 19.4 Å². The van der Waals surface area contributed by atoms with E-state index >= 15 is 0 Å². The highest BCUT2D eigenvalue weighted by Crippen LogP contribution is 2.35. The third kappa shape index (κ3) is 6.72. The number of rotatable bonds is 11. The van der Waals surface area contributed by atoms with E-state index < -0.39 is 8.80 Å². The summed E-state index contributed by atoms with van der Waals surface area (Å²) in [6.07, 6.45) is 0. The molecule has 0 fully saturated rings. The highest BCUT2D eigenvalue weighted by molar-refractivity contribution is 9.10. The van der Waals surface area contributed by atoms with Gasteiger partial charge >= 0.3 is 0 Å². The Morgan fingerprint density at radius 3 is 2.25 bits per heavy atom. The fourth-order valence-electron chi connectivity index (χ4n) is 1.78. The van der Waals surface area contributed by atoms with Crippen molar-refractivity contribution in [2.24, 2.45) is 0 Å². The van der Waals surface area contributed by atoms with Crippen molar-refractivity contribution in [1.82, 2.24) is 0 Å². The molecule has 0 aliphatic carbocycles. The Hall–Kier alpha value is -0.603. The maximum atomic E-state index is 5.98. The molecule has 0 saturated carbocycles. The average molecular weight is 420 g/mol. The fourth-order valence-corrected chi connectivity index (χ4v) is 2.77. The minimum atomic E-state index is -0.443. The molecule has 0 N–H and O–H groups in total. The summed E-state index contributed by atoms with van der Waals surface area (Å²) in [6, 6.07) is 3.75. The molecule has 0 heterocycles. The molecule has 0 aromatic heterocycles. The predicted octanol–water partition coefficient (Wildman–Crippen LogP) is 4.47. The number of benzene rings is 1. The second-order valence-electron chi connectivity index (χ2n) is 6.37. The molecule has 0 bridgehead atoms. The number of ether oxygens (including phenoxy) is 5. The zero-order chi connectivity index (χ0) is 18.2. The Morgan fingerprint density at radius 1 is 1.04 bits per heavy atom. The van der Waals surface area contributed by atoms with E-state index in [1.807, 2.05) is 12.1 Å². The molecule has 0 aliphatic rings. The number of hydrogen-bond donors (Lipinski definition) is 0. The zero-order valence-corrected chi connectivity index (χ0v) is 18.0. The van der Waals surface area contributed by atoms with E-state index in [4.69, 9.17) is 23.7 Å². The lowest BCUT2D eigenvalue weighted by molar-refractivity contribution is 0.0438. The minimum absolute atomic E-state index is 0.173. The van der Waals surface area contributed by atoms with Gasteiger partial charge in [-0.2, -0.15) is 0 Å². The molecule has 0 saturated heterocycles. The lowest BCUT2D eigenvalue weighted by Crippen LogP contribution is -2.26. The van der Waals surface area contributed by atoms with Gasteiger partial charge in [0.05, 0.1) is 19.9 Å². The first-order chi connectivity index (χ1) is 11.3. The van der Waals surface area contributed by atoms with Crippen molar-refractivity contribution >= 4 is 24.7 Å². The quantitative estimate of drug-likeness (QED) is 0.391. The summed E-state index contributed by atoms with van der Waals surface area (Å²) >= 11 is 3.52. The van der Waals surface area contributed by atoms with Crippen LogP contribution in [0.25, 0.3) is 0 Å². The maximum absolute atomic E-state index is 5.98. The Bertz CT molecular complexity index is 508. The molecule has 1 aromatic rings. The molecule has 5 nitrogen and oxygen atoms in total. The van der Waals surface area contributed by atoms with Gasteiger partial charge in [0, 0.05) is 26.4 Å². The highest BCUT2D eigenvalue weighted by atomic mass is 79.9.